The number of carbonyl (C=O) groups excluding carboxylic acids is 1. The van der Waals surface area contributed by atoms with Gasteiger partial charge in [0.2, 0.25) is 5.91 Å². The number of amides is 1. The second-order valence-corrected chi connectivity index (χ2v) is 5.31. The van der Waals surface area contributed by atoms with Crippen molar-refractivity contribution in [3.05, 3.63) is 12.4 Å². The summed E-state index contributed by atoms with van der Waals surface area (Å²) < 4.78 is 1.91. The average Bonchev–Trinajstić information content (AvgIpc) is 2.87. The van der Waals surface area contributed by atoms with Gasteiger partial charge in [-0.15, -0.1) is 0 Å². The Balaban J connectivity index is 1.79. The first-order valence-electron chi connectivity index (χ1n) is 5.68. The zero-order valence-corrected chi connectivity index (χ0v) is 10.9. The van der Waals surface area contributed by atoms with Crippen molar-refractivity contribution < 1.29 is 14.7 Å². The van der Waals surface area contributed by atoms with Crippen molar-refractivity contribution in [1.82, 2.24) is 14.5 Å². The van der Waals surface area contributed by atoms with E-state index in [4.69, 9.17) is 5.11 Å². The lowest BCUT2D eigenvalue weighted by atomic mass is 10.1. The van der Waals surface area contributed by atoms with Crippen LogP contribution >= 0.6 is 11.8 Å². The Hall–Kier alpha value is -1.50. The van der Waals surface area contributed by atoms with Crippen LogP contribution in [0.3, 0.4) is 0 Å². The van der Waals surface area contributed by atoms with Gasteiger partial charge in [0.25, 0.3) is 0 Å². The highest BCUT2D eigenvalue weighted by Gasteiger charge is 2.33. The number of carboxylic acid groups (broad SMARTS) is 1. The van der Waals surface area contributed by atoms with Crippen LogP contribution in [0.5, 0.6) is 0 Å². The molecule has 18 heavy (non-hydrogen) atoms. The molecule has 1 saturated heterocycles. The van der Waals surface area contributed by atoms with Gasteiger partial charge in [-0.1, -0.05) is 11.8 Å². The van der Waals surface area contributed by atoms with Crippen LogP contribution in [0.15, 0.2) is 17.6 Å². The first-order valence-corrected chi connectivity index (χ1v) is 6.67. The first-order chi connectivity index (χ1) is 8.58. The van der Waals surface area contributed by atoms with E-state index < -0.39 is 11.9 Å². The minimum atomic E-state index is -0.886. The summed E-state index contributed by atoms with van der Waals surface area (Å²) in [5.74, 6) is -0.774. The molecule has 1 aromatic heterocycles. The van der Waals surface area contributed by atoms with Gasteiger partial charge in [-0.2, -0.15) is 0 Å². The van der Waals surface area contributed by atoms with E-state index >= 15 is 0 Å². The van der Waals surface area contributed by atoms with Crippen LogP contribution in [-0.4, -0.2) is 50.3 Å². The van der Waals surface area contributed by atoms with Gasteiger partial charge in [0.05, 0.1) is 5.92 Å². The molecule has 1 N–H and O–H groups in total. The molecule has 1 aliphatic rings. The third kappa shape index (κ3) is 2.84. The maximum atomic E-state index is 11.6. The summed E-state index contributed by atoms with van der Waals surface area (Å²) in [7, 11) is 1.91. The van der Waals surface area contributed by atoms with E-state index in [1.807, 2.05) is 17.8 Å². The Morgan fingerprint density at radius 3 is 3.00 bits per heavy atom. The molecule has 1 aliphatic heterocycles. The minimum absolute atomic E-state index is 0.0668. The Kier molecular flexibility index (Phi) is 3.90. The molecule has 0 unspecified atom stereocenters. The van der Waals surface area contributed by atoms with E-state index in [1.54, 1.807) is 22.9 Å². The lowest BCUT2D eigenvalue weighted by Crippen LogP contribution is -2.28. The van der Waals surface area contributed by atoms with Gasteiger partial charge in [0.1, 0.15) is 0 Å². The van der Waals surface area contributed by atoms with E-state index in [1.165, 1.54) is 0 Å². The number of hydrogen-bond acceptors (Lipinski definition) is 4. The van der Waals surface area contributed by atoms with Crippen molar-refractivity contribution in [2.24, 2.45) is 13.0 Å². The number of hydrogen-bond donors (Lipinski definition) is 1. The Morgan fingerprint density at radius 1 is 1.67 bits per heavy atom. The molecule has 6 nitrogen and oxygen atoms in total. The molecule has 0 saturated carbocycles. The number of thioether (sulfide) groups is 1. The number of nitrogens with zero attached hydrogens (tertiary/aromatic N) is 3. The van der Waals surface area contributed by atoms with Gasteiger partial charge in [-0.25, -0.2) is 4.98 Å². The molecule has 1 amide bonds. The van der Waals surface area contributed by atoms with E-state index in [0.29, 0.717) is 13.1 Å². The number of carbonyl (C=O) groups is 2. The van der Waals surface area contributed by atoms with Crippen LogP contribution in [0.25, 0.3) is 0 Å². The highest BCUT2D eigenvalue weighted by Crippen LogP contribution is 2.20. The fourth-order valence-electron chi connectivity index (χ4n) is 1.89. The van der Waals surface area contributed by atoms with E-state index in [9.17, 15) is 9.59 Å². The number of aromatic nitrogens is 2. The fraction of sp³-hybridized carbons (Fsp3) is 0.545. The van der Waals surface area contributed by atoms with Crippen LogP contribution in [0.1, 0.15) is 6.42 Å². The van der Waals surface area contributed by atoms with Gasteiger partial charge in [0.15, 0.2) is 5.16 Å². The van der Waals surface area contributed by atoms with Crippen molar-refractivity contribution in [3.8, 4) is 0 Å². The first kappa shape index (κ1) is 12.9. The number of carboxylic acids is 1. The summed E-state index contributed by atoms with van der Waals surface area (Å²) in [5, 5.41) is 9.76. The molecule has 1 fully saturated rings. The van der Waals surface area contributed by atoms with Crippen molar-refractivity contribution in [2.45, 2.75) is 11.6 Å². The van der Waals surface area contributed by atoms with Gasteiger partial charge in [-0.3, -0.25) is 9.59 Å². The molecule has 0 aliphatic carbocycles. The summed E-state index contributed by atoms with van der Waals surface area (Å²) in [6.45, 7) is 0.898. The van der Waals surface area contributed by atoms with Gasteiger partial charge in [0, 0.05) is 44.7 Å². The lowest BCUT2D eigenvalue weighted by Gasteiger charge is -2.15. The molecule has 2 rings (SSSR count). The van der Waals surface area contributed by atoms with Crippen molar-refractivity contribution in [2.75, 3.05) is 18.8 Å². The summed E-state index contributed by atoms with van der Waals surface area (Å²) in [4.78, 5) is 28.2. The van der Waals surface area contributed by atoms with Crippen molar-refractivity contribution in [1.29, 1.82) is 0 Å². The van der Waals surface area contributed by atoms with Crippen molar-refractivity contribution in [3.63, 3.8) is 0 Å². The molecule has 2 heterocycles. The van der Waals surface area contributed by atoms with Crippen LogP contribution < -0.4 is 0 Å². The molecule has 1 atom stereocenters. The molecular weight excluding hydrogens is 254 g/mol. The molecular formula is C11H15N3O3S. The molecule has 7 heteroatoms. The van der Waals surface area contributed by atoms with E-state index in [-0.39, 0.29) is 12.3 Å². The number of likely N-dealkylation sites (tertiary alicyclic amines) is 1. The topological polar surface area (TPSA) is 75.4 Å². The third-order valence-corrected chi connectivity index (χ3v) is 3.97. The summed E-state index contributed by atoms with van der Waals surface area (Å²) >= 11 is 1.56. The van der Waals surface area contributed by atoms with Crippen LogP contribution in [0, 0.1) is 5.92 Å². The zero-order valence-electron chi connectivity index (χ0n) is 10.1. The molecule has 0 radical (unpaired) electrons. The van der Waals surface area contributed by atoms with E-state index in [0.717, 1.165) is 10.9 Å². The lowest BCUT2D eigenvalue weighted by molar-refractivity contribution is -0.141. The Morgan fingerprint density at radius 2 is 2.44 bits per heavy atom. The Labute approximate surface area is 109 Å². The quantitative estimate of drug-likeness (QED) is 0.785. The minimum Gasteiger partial charge on any atom is -0.481 e. The summed E-state index contributed by atoms with van der Waals surface area (Å²) in [5.41, 5.74) is 0. The highest BCUT2D eigenvalue weighted by molar-refractivity contribution is 7.99. The predicted octanol–water partition coefficient (Wildman–Crippen LogP) is 0.445. The van der Waals surface area contributed by atoms with E-state index in [2.05, 4.69) is 4.98 Å². The number of aliphatic carboxylic acids is 1. The third-order valence-electron chi connectivity index (χ3n) is 2.93. The predicted molar refractivity (Wildman–Crippen MR) is 66.3 cm³/mol. The fourth-order valence-corrected chi connectivity index (χ4v) is 2.79. The number of rotatable bonds is 5. The van der Waals surface area contributed by atoms with Gasteiger partial charge >= 0.3 is 5.97 Å². The van der Waals surface area contributed by atoms with Crippen LogP contribution in [-0.2, 0) is 16.6 Å². The SMILES string of the molecule is Cn1ccnc1SCCN1C[C@H](C(=O)O)CC1=O. The monoisotopic (exact) mass is 269 g/mol. The molecule has 0 aromatic carbocycles. The molecule has 0 bridgehead atoms. The zero-order chi connectivity index (χ0) is 13.1. The molecule has 1 aromatic rings. The highest BCUT2D eigenvalue weighted by atomic mass is 32.2. The second-order valence-electron chi connectivity index (χ2n) is 4.25. The van der Waals surface area contributed by atoms with Crippen LogP contribution in [0.2, 0.25) is 0 Å². The number of aryl methyl sites for hydroxylation is 1. The molecule has 98 valence electrons. The molecule has 0 spiro atoms. The van der Waals surface area contributed by atoms with Crippen LogP contribution in [0.4, 0.5) is 0 Å². The van der Waals surface area contributed by atoms with Crippen molar-refractivity contribution >= 4 is 23.6 Å². The maximum Gasteiger partial charge on any atom is 0.308 e. The second kappa shape index (κ2) is 5.43. The normalized spacial score (nSPS) is 19.5. The van der Waals surface area contributed by atoms with Gasteiger partial charge in [-0.05, 0) is 0 Å². The average molecular weight is 269 g/mol. The summed E-state index contributed by atoms with van der Waals surface area (Å²) in [6.07, 6.45) is 3.72. The van der Waals surface area contributed by atoms with Gasteiger partial charge < -0.3 is 14.6 Å². The summed E-state index contributed by atoms with van der Waals surface area (Å²) in [6, 6.07) is 0. The standard InChI is InChI=1S/C11H15N3O3S/c1-13-3-2-12-11(13)18-5-4-14-7-8(10(16)17)6-9(14)15/h2-3,8H,4-7H2,1H3,(H,16,17)/t8-/m1/s1. The largest absolute Gasteiger partial charge is 0.481 e. The Bertz CT molecular complexity index is 460. The number of imidazole rings is 1. The smallest absolute Gasteiger partial charge is 0.308 e. The maximum absolute atomic E-state index is 11.6.